The van der Waals surface area contributed by atoms with E-state index < -0.39 is 0 Å². The number of aliphatic imine (C=N–C) groups is 1. The number of benzene rings is 2. The molecule has 2 aromatic carbocycles. The first-order valence-corrected chi connectivity index (χ1v) is 6.72. The van der Waals surface area contributed by atoms with Crippen molar-refractivity contribution in [2.75, 3.05) is 7.11 Å². The average Bonchev–Trinajstić information content (AvgIpc) is 2.90. The van der Waals surface area contributed by atoms with Crippen molar-refractivity contribution in [2.45, 2.75) is 19.1 Å². The van der Waals surface area contributed by atoms with Gasteiger partial charge in [0.15, 0.2) is 0 Å². The van der Waals surface area contributed by atoms with Crippen molar-refractivity contribution in [1.29, 1.82) is 0 Å². The van der Waals surface area contributed by atoms with Crippen LogP contribution in [0.4, 0.5) is 0 Å². The molecule has 0 bridgehead atoms. The largest absolute Gasteiger partial charge is 0.497 e. The zero-order valence-electron chi connectivity index (χ0n) is 11.6. The summed E-state index contributed by atoms with van der Waals surface area (Å²) in [7, 11) is 1.66. The van der Waals surface area contributed by atoms with Gasteiger partial charge in [-0.1, -0.05) is 30.3 Å². The molecular formula is C17H17NO2. The predicted molar refractivity (Wildman–Crippen MR) is 79.3 cm³/mol. The fourth-order valence-electron chi connectivity index (χ4n) is 2.37. The molecule has 2 atom stereocenters. The molecule has 3 rings (SSSR count). The summed E-state index contributed by atoms with van der Waals surface area (Å²) >= 11 is 0. The summed E-state index contributed by atoms with van der Waals surface area (Å²) in [5.41, 5.74) is 2.14. The maximum atomic E-state index is 6.03. The van der Waals surface area contributed by atoms with Gasteiger partial charge in [-0.05, 0) is 36.8 Å². The Kier molecular flexibility index (Phi) is 3.42. The van der Waals surface area contributed by atoms with E-state index in [9.17, 15) is 0 Å². The Bertz CT molecular complexity index is 605. The highest BCUT2D eigenvalue weighted by Crippen LogP contribution is 2.30. The Morgan fingerprint density at radius 3 is 2.35 bits per heavy atom. The summed E-state index contributed by atoms with van der Waals surface area (Å²) in [5.74, 6) is 1.54. The second-order valence-electron chi connectivity index (χ2n) is 4.85. The molecular weight excluding hydrogens is 250 g/mol. The van der Waals surface area contributed by atoms with Crippen LogP contribution in [0.5, 0.6) is 5.75 Å². The van der Waals surface area contributed by atoms with Crippen LogP contribution < -0.4 is 4.74 Å². The number of hydrogen-bond acceptors (Lipinski definition) is 3. The molecule has 0 N–H and O–H groups in total. The van der Waals surface area contributed by atoms with Gasteiger partial charge in [0.2, 0.25) is 5.90 Å². The molecule has 102 valence electrons. The topological polar surface area (TPSA) is 30.8 Å². The van der Waals surface area contributed by atoms with Crippen molar-refractivity contribution in [1.82, 2.24) is 0 Å². The van der Waals surface area contributed by atoms with Crippen LogP contribution >= 0.6 is 0 Å². The van der Waals surface area contributed by atoms with Crippen LogP contribution in [0.3, 0.4) is 0 Å². The summed E-state index contributed by atoms with van der Waals surface area (Å²) in [5, 5.41) is 0. The van der Waals surface area contributed by atoms with Crippen molar-refractivity contribution in [3.05, 3.63) is 65.7 Å². The Morgan fingerprint density at radius 2 is 1.70 bits per heavy atom. The van der Waals surface area contributed by atoms with Crippen LogP contribution in [0.15, 0.2) is 59.6 Å². The number of ether oxygens (including phenoxy) is 2. The molecule has 0 amide bonds. The molecule has 1 aliphatic heterocycles. The Balaban J connectivity index is 1.81. The molecule has 2 aromatic rings. The van der Waals surface area contributed by atoms with Gasteiger partial charge in [0.05, 0.1) is 13.2 Å². The smallest absolute Gasteiger partial charge is 0.217 e. The van der Waals surface area contributed by atoms with Crippen LogP contribution in [-0.4, -0.2) is 19.0 Å². The third kappa shape index (κ3) is 2.39. The van der Waals surface area contributed by atoms with E-state index in [2.05, 4.69) is 24.0 Å². The third-order valence-corrected chi connectivity index (χ3v) is 3.46. The molecule has 0 aliphatic carbocycles. The van der Waals surface area contributed by atoms with Gasteiger partial charge in [0.25, 0.3) is 0 Å². The first-order chi connectivity index (χ1) is 9.78. The SMILES string of the molecule is COc1ccc(C2=N[C@H](C)[C@@H](c3ccccc3)O2)cc1. The molecule has 3 nitrogen and oxygen atoms in total. The van der Waals surface area contributed by atoms with Crippen molar-refractivity contribution in [3.8, 4) is 5.75 Å². The molecule has 0 spiro atoms. The van der Waals surface area contributed by atoms with Gasteiger partial charge in [-0.25, -0.2) is 4.99 Å². The Morgan fingerprint density at radius 1 is 1.00 bits per heavy atom. The van der Waals surface area contributed by atoms with Crippen molar-refractivity contribution in [2.24, 2.45) is 4.99 Å². The third-order valence-electron chi connectivity index (χ3n) is 3.46. The van der Waals surface area contributed by atoms with Crippen molar-refractivity contribution < 1.29 is 9.47 Å². The minimum absolute atomic E-state index is 0.00620. The maximum Gasteiger partial charge on any atom is 0.217 e. The van der Waals surface area contributed by atoms with Crippen LogP contribution in [0.2, 0.25) is 0 Å². The zero-order chi connectivity index (χ0) is 13.9. The average molecular weight is 267 g/mol. The lowest BCUT2D eigenvalue weighted by molar-refractivity contribution is 0.202. The normalized spacial score (nSPS) is 21.2. The Hall–Kier alpha value is -2.29. The van der Waals surface area contributed by atoms with E-state index in [-0.39, 0.29) is 12.1 Å². The van der Waals surface area contributed by atoms with Gasteiger partial charge in [-0.2, -0.15) is 0 Å². The lowest BCUT2D eigenvalue weighted by Crippen LogP contribution is -2.10. The van der Waals surface area contributed by atoms with Gasteiger partial charge >= 0.3 is 0 Å². The first kappa shape index (κ1) is 12.7. The van der Waals surface area contributed by atoms with Crippen molar-refractivity contribution in [3.63, 3.8) is 0 Å². The molecule has 1 aliphatic rings. The fourth-order valence-corrected chi connectivity index (χ4v) is 2.37. The molecule has 0 unspecified atom stereocenters. The van der Waals surface area contributed by atoms with Crippen LogP contribution in [0.25, 0.3) is 0 Å². The zero-order valence-corrected chi connectivity index (χ0v) is 11.6. The Labute approximate surface area is 118 Å². The molecule has 0 radical (unpaired) electrons. The molecule has 20 heavy (non-hydrogen) atoms. The second kappa shape index (κ2) is 5.37. The quantitative estimate of drug-likeness (QED) is 0.850. The number of methoxy groups -OCH3 is 1. The van der Waals surface area contributed by atoms with E-state index in [1.165, 1.54) is 0 Å². The lowest BCUT2D eigenvalue weighted by atomic mass is 10.0. The van der Waals surface area contributed by atoms with E-state index >= 15 is 0 Å². The molecule has 0 saturated heterocycles. The fraction of sp³-hybridized carbons (Fsp3) is 0.235. The van der Waals surface area contributed by atoms with Crippen LogP contribution in [0.1, 0.15) is 24.2 Å². The van der Waals surface area contributed by atoms with Gasteiger partial charge in [-0.3, -0.25) is 0 Å². The van der Waals surface area contributed by atoms with E-state index in [0.717, 1.165) is 16.9 Å². The molecule has 1 heterocycles. The van der Waals surface area contributed by atoms with E-state index in [4.69, 9.17) is 9.47 Å². The molecule has 0 aromatic heterocycles. The maximum absolute atomic E-state index is 6.03. The second-order valence-corrected chi connectivity index (χ2v) is 4.85. The van der Waals surface area contributed by atoms with Crippen LogP contribution in [-0.2, 0) is 4.74 Å². The number of rotatable bonds is 3. The summed E-state index contributed by atoms with van der Waals surface area (Å²) < 4.78 is 11.2. The summed E-state index contributed by atoms with van der Waals surface area (Å²) in [6.07, 6.45) is -0.00620. The van der Waals surface area contributed by atoms with E-state index in [1.807, 2.05) is 42.5 Å². The van der Waals surface area contributed by atoms with Crippen molar-refractivity contribution >= 4 is 5.90 Å². The lowest BCUT2D eigenvalue weighted by Gasteiger charge is -2.15. The highest BCUT2D eigenvalue weighted by Gasteiger charge is 2.29. The minimum atomic E-state index is -0.00620. The predicted octanol–water partition coefficient (Wildman–Crippen LogP) is 3.60. The summed E-state index contributed by atoms with van der Waals surface area (Å²) in [6.45, 7) is 2.08. The minimum Gasteiger partial charge on any atom is -0.497 e. The summed E-state index contributed by atoms with van der Waals surface area (Å²) in [4.78, 5) is 4.63. The molecule has 0 fully saturated rings. The number of hydrogen-bond donors (Lipinski definition) is 0. The standard InChI is InChI=1S/C17H17NO2/c1-12-16(13-6-4-3-5-7-13)20-17(18-12)14-8-10-15(19-2)11-9-14/h3-12,16H,1-2H3/t12-,16+/m1/s1. The molecule has 0 saturated carbocycles. The van der Waals surface area contributed by atoms with Gasteiger partial charge < -0.3 is 9.47 Å². The van der Waals surface area contributed by atoms with E-state index in [0.29, 0.717) is 5.90 Å². The first-order valence-electron chi connectivity index (χ1n) is 6.72. The highest BCUT2D eigenvalue weighted by atomic mass is 16.5. The summed E-state index contributed by atoms with van der Waals surface area (Å²) in [6, 6.07) is 18.1. The monoisotopic (exact) mass is 267 g/mol. The van der Waals surface area contributed by atoms with Crippen LogP contribution in [0, 0.1) is 0 Å². The van der Waals surface area contributed by atoms with Gasteiger partial charge in [0.1, 0.15) is 11.9 Å². The highest BCUT2D eigenvalue weighted by molar-refractivity contribution is 5.95. The van der Waals surface area contributed by atoms with E-state index in [1.54, 1.807) is 7.11 Å². The number of nitrogens with zero attached hydrogens (tertiary/aromatic N) is 1. The molecule has 3 heteroatoms. The van der Waals surface area contributed by atoms with Gasteiger partial charge in [-0.15, -0.1) is 0 Å². The van der Waals surface area contributed by atoms with Gasteiger partial charge in [0, 0.05) is 5.56 Å².